The molecule has 0 heterocycles. The lowest BCUT2D eigenvalue weighted by Crippen LogP contribution is -2.21. The van der Waals surface area contributed by atoms with Crippen molar-refractivity contribution < 1.29 is 14.2 Å². The fraction of sp³-hybridized carbons (Fsp3) is 0.455. The minimum atomic E-state index is -0.618. The van der Waals surface area contributed by atoms with Crippen LogP contribution in [0.5, 0.6) is 5.75 Å². The van der Waals surface area contributed by atoms with Crippen LogP contribution in [0.3, 0.4) is 0 Å². The molecule has 0 saturated carbocycles. The van der Waals surface area contributed by atoms with E-state index in [4.69, 9.17) is 9.84 Å². The Labute approximate surface area is 88.9 Å². The molecule has 0 aliphatic rings. The van der Waals surface area contributed by atoms with Crippen molar-refractivity contribution in [3.05, 3.63) is 23.5 Å². The molecule has 0 spiro atoms. The number of rotatable bonds is 4. The van der Waals surface area contributed by atoms with Gasteiger partial charge in [-0.2, -0.15) is 0 Å². The zero-order valence-corrected chi connectivity index (χ0v) is 9.17. The highest BCUT2D eigenvalue weighted by Gasteiger charge is 2.08. The summed E-state index contributed by atoms with van der Waals surface area (Å²) in [4.78, 5) is 0. The van der Waals surface area contributed by atoms with Gasteiger partial charge in [-0.15, -0.1) is 0 Å². The second-order valence-corrected chi connectivity index (χ2v) is 3.62. The number of nitrogens with one attached hydrogen (secondary N) is 1. The molecule has 1 aromatic rings. The van der Waals surface area contributed by atoms with Gasteiger partial charge >= 0.3 is 0 Å². The largest absolute Gasteiger partial charge is 0.505 e. The van der Waals surface area contributed by atoms with Crippen molar-refractivity contribution >= 4 is 5.69 Å². The minimum absolute atomic E-state index is 0.0950. The van der Waals surface area contributed by atoms with Gasteiger partial charge in [-0.05, 0) is 25.5 Å². The molecule has 4 heteroatoms. The number of aromatic hydroxyl groups is 1. The Morgan fingerprint density at radius 2 is 2.20 bits per heavy atom. The van der Waals surface area contributed by atoms with E-state index in [9.17, 15) is 4.39 Å². The second-order valence-electron chi connectivity index (χ2n) is 3.62. The smallest absolute Gasteiger partial charge is 0.166 e. The molecule has 0 aliphatic heterocycles. The second kappa shape index (κ2) is 4.98. The summed E-state index contributed by atoms with van der Waals surface area (Å²) in [6.45, 7) is 4.29. The monoisotopic (exact) mass is 213 g/mol. The third kappa shape index (κ3) is 3.09. The molecule has 2 N–H and O–H groups in total. The summed E-state index contributed by atoms with van der Waals surface area (Å²) >= 11 is 0. The predicted octanol–water partition coefficient (Wildman–Crippen LogP) is 2.29. The number of hydrogen-bond acceptors (Lipinski definition) is 3. The molecule has 84 valence electrons. The van der Waals surface area contributed by atoms with Crippen molar-refractivity contribution in [3.63, 3.8) is 0 Å². The average molecular weight is 213 g/mol. The van der Waals surface area contributed by atoms with Gasteiger partial charge in [-0.1, -0.05) is 0 Å². The normalized spacial score (nSPS) is 12.5. The maximum atomic E-state index is 13.1. The lowest BCUT2D eigenvalue weighted by molar-refractivity contribution is 0.190. The number of hydrogen-bond donors (Lipinski definition) is 2. The highest BCUT2D eigenvalue weighted by Crippen LogP contribution is 2.24. The van der Waals surface area contributed by atoms with Gasteiger partial charge in [0.2, 0.25) is 0 Å². The third-order valence-electron chi connectivity index (χ3n) is 2.11. The first kappa shape index (κ1) is 11.8. The number of methoxy groups -OCH3 is 1. The van der Waals surface area contributed by atoms with Crippen LogP contribution in [0, 0.1) is 12.7 Å². The predicted molar refractivity (Wildman–Crippen MR) is 57.8 cm³/mol. The van der Waals surface area contributed by atoms with Crippen LogP contribution >= 0.6 is 0 Å². The summed E-state index contributed by atoms with van der Waals surface area (Å²) < 4.78 is 18.0. The van der Waals surface area contributed by atoms with Crippen molar-refractivity contribution in [1.29, 1.82) is 0 Å². The third-order valence-corrected chi connectivity index (χ3v) is 2.11. The van der Waals surface area contributed by atoms with Crippen LogP contribution in [0.1, 0.15) is 12.5 Å². The number of phenols is 1. The standard InChI is InChI=1S/C11H16FNO2/c1-7-4-11(14)9(12)5-10(7)13-8(2)6-15-3/h4-5,8,13-14H,6H2,1-3H3/t8-/m0/s1. The molecule has 3 nitrogen and oxygen atoms in total. The fourth-order valence-electron chi connectivity index (χ4n) is 1.38. The van der Waals surface area contributed by atoms with Gasteiger partial charge in [0.1, 0.15) is 0 Å². The molecule has 0 bridgehead atoms. The Hall–Kier alpha value is -1.29. The van der Waals surface area contributed by atoms with E-state index in [1.807, 2.05) is 6.92 Å². The first-order valence-corrected chi connectivity index (χ1v) is 4.79. The first-order valence-electron chi connectivity index (χ1n) is 4.79. The van der Waals surface area contributed by atoms with Gasteiger partial charge in [0.15, 0.2) is 11.6 Å². The lowest BCUT2D eigenvalue weighted by atomic mass is 10.1. The number of phenolic OH excluding ortho intramolecular Hbond substituents is 1. The van der Waals surface area contributed by atoms with E-state index in [0.717, 1.165) is 5.56 Å². The van der Waals surface area contributed by atoms with Crippen LogP contribution in [0.15, 0.2) is 12.1 Å². The highest BCUT2D eigenvalue weighted by atomic mass is 19.1. The Balaban J connectivity index is 2.81. The molecule has 0 unspecified atom stereocenters. The molecule has 1 atom stereocenters. The van der Waals surface area contributed by atoms with E-state index in [2.05, 4.69) is 5.32 Å². The van der Waals surface area contributed by atoms with E-state index in [-0.39, 0.29) is 11.8 Å². The maximum absolute atomic E-state index is 13.1. The van der Waals surface area contributed by atoms with Crippen LogP contribution in [-0.4, -0.2) is 24.9 Å². The van der Waals surface area contributed by atoms with Crippen LogP contribution in [0.2, 0.25) is 0 Å². The highest BCUT2D eigenvalue weighted by molar-refractivity contribution is 5.54. The van der Waals surface area contributed by atoms with E-state index in [0.29, 0.717) is 12.3 Å². The summed E-state index contributed by atoms with van der Waals surface area (Å²) in [7, 11) is 1.61. The van der Waals surface area contributed by atoms with Gasteiger partial charge in [-0.3, -0.25) is 0 Å². The quantitative estimate of drug-likeness (QED) is 0.754. The van der Waals surface area contributed by atoms with Gasteiger partial charge < -0.3 is 15.2 Å². The zero-order valence-electron chi connectivity index (χ0n) is 9.17. The Morgan fingerprint density at radius 3 is 2.80 bits per heavy atom. The number of anilines is 1. The van der Waals surface area contributed by atoms with E-state index in [1.54, 1.807) is 14.0 Å². The number of aryl methyl sites for hydroxylation is 1. The fourth-order valence-corrected chi connectivity index (χ4v) is 1.38. The van der Waals surface area contributed by atoms with Crippen molar-refractivity contribution in [2.24, 2.45) is 0 Å². The minimum Gasteiger partial charge on any atom is -0.505 e. The van der Waals surface area contributed by atoms with Crippen LogP contribution in [0.4, 0.5) is 10.1 Å². The Morgan fingerprint density at radius 1 is 1.53 bits per heavy atom. The van der Waals surface area contributed by atoms with Crippen molar-refractivity contribution in [1.82, 2.24) is 0 Å². The van der Waals surface area contributed by atoms with Gasteiger partial charge in [0, 0.05) is 24.9 Å². The van der Waals surface area contributed by atoms with Crippen molar-refractivity contribution in [2.45, 2.75) is 19.9 Å². The van der Waals surface area contributed by atoms with E-state index in [1.165, 1.54) is 12.1 Å². The number of ether oxygens (including phenoxy) is 1. The van der Waals surface area contributed by atoms with E-state index >= 15 is 0 Å². The van der Waals surface area contributed by atoms with Crippen molar-refractivity contribution in [3.8, 4) is 5.75 Å². The van der Waals surface area contributed by atoms with Crippen LogP contribution in [-0.2, 0) is 4.74 Å². The van der Waals surface area contributed by atoms with Gasteiger partial charge in [0.05, 0.1) is 6.61 Å². The molecule has 0 amide bonds. The van der Waals surface area contributed by atoms with Gasteiger partial charge in [0.25, 0.3) is 0 Å². The number of benzene rings is 1. The summed E-state index contributed by atoms with van der Waals surface area (Å²) in [5.74, 6) is -0.940. The zero-order chi connectivity index (χ0) is 11.4. The summed E-state index contributed by atoms with van der Waals surface area (Å²) in [6.07, 6.45) is 0. The topological polar surface area (TPSA) is 41.5 Å². The summed E-state index contributed by atoms with van der Waals surface area (Å²) in [5.41, 5.74) is 1.48. The van der Waals surface area contributed by atoms with Gasteiger partial charge in [-0.25, -0.2) is 4.39 Å². The molecule has 15 heavy (non-hydrogen) atoms. The molecule has 0 fully saturated rings. The average Bonchev–Trinajstić information content (AvgIpc) is 2.14. The first-order chi connectivity index (χ1) is 7.04. The molecule has 1 aromatic carbocycles. The maximum Gasteiger partial charge on any atom is 0.166 e. The molecule has 0 saturated heterocycles. The molecular formula is C11H16FNO2. The molecule has 1 rings (SSSR count). The number of halogens is 1. The summed E-state index contributed by atoms with van der Waals surface area (Å²) in [5, 5.41) is 12.2. The lowest BCUT2D eigenvalue weighted by Gasteiger charge is -2.16. The SMILES string of the molecule is COC[C@H](C)Nc1cc(F)c(O)cc1C. The van der Waals surface area contributed by atoms with E-state index < -0.39 is 5.82 Å². The van der Waals surface area contributed by atoms with Crippen LogP contribution < -0.4 is 5.32 Å². The Kier molecular flexibility index (Phi) is 3.91. The molecular weight excluding hydrogens is 197 g/mol. The van der Waals surface area contributed by atoms with Crippen LogP contribution in [0.25, 0.3) is 0 Å². The summed E-state index contributed by atoms with van der Waals surface area (Å²) in [6, 6.07) is 2.78. The van der Waals surface area contributed by atoms with Crippen molar-refractivity contribution in [2.75, 3.05) is 19.0 Å². The molecule has 0 radical (unpaired) electrons. The molecule has 0 aliphatic carbocycles. The Bertz CT molecular complexity index is 342. The molecule has 0 aromatic heterocycles.